The van der Waals surface area contributed by atoms with E-state index >= 15 is 0 Å². The van der Waals surface area contributed by atoms with Crippen LogP contribution in [0.4, 0.5) is 0 Å². The fourth-order valence-corrected chi connectivity index (χ4v) is 2.92. The minimum Gasteiger partial charge on any atom is -0.317 e. The Morgan fingerprint density at radius 2 is 2.12 bits per heavy atom. The number of rotatable bonds is 3. The summed E-state index contributed by atoms with van der Waals surface area (Å²) in [5, 5.41) is 4.21. The Bertz CT molecular complexity index is 394. The molecule has 1 nitrogen and oxygen atoms in total. The lowest BCUT2D eigenvalue weighted by Crippen LogP contribution is -2.30. The maximum atomic E-state index is 6.03. The van der Waals surface area contributed by atoms with Crippen LogP contribution in [0.5, 0.6) is 0 Å². The first-order valence-corrected chi connectivity index (χ1v) is 6.72. The van der Waals surface area contributed by atoms with Crippen LogP contribution < -0.4 is 5.32 Å². The van der Waals surface area contributed by atoms with Gasteiger partial charge in [-0.15, -0.1) is 0 Å². The van der Waals surface area contributed by atoms with Gasteiger partial charge in [-0.2, -0.15) is 0 Å². The summed E-state index contributed by atoms with van der Waals surface area (Å²) in [4.78, 5) is 0. The molecule has 0 aliphatic carbocycles. The van der Waals surface area contributed by atoms with Crippen molar-refractivity contribution in [2.45, 2.75) is 25.7 Å². The van der Waals surface area contributed by atoms with Gasteiger partial charge in [0.1, 0.15) is 0 Å². The molecule has 0 spiro atoms. The number of halogens is 1. The van der Waals surface area contributed by atoms with Crippen molar-refractivity contribution in [3.8, 4) is 0 Å². The smallest absolute Gasteiger partial charge is 0.0412 e. The van der Waals surface area contributed by atoms with Gasteiger partial charge in [0.2, 0.25) is 0 Å². The molecular weight excluding hydrogens is 230 g/mol. The minimum atomic E-state index is 0.586. The topological polar surface area (TPSA) is 12.0 Å². The van der Waals surface area contributed by atoms with Gasteiger partial charge in [-0.05, 0) is 61.0 Å². The summed E-state index contributed by atoms with van der Waals surface area (Å²) in [7, 11) is 0. The lowest BCUT2D eigenvalue weighted by Gasteiger charge is -2.29. The third-order valence-electron chi connectivity index (χ3n) is 3.85. The zero-order valence-corrected chi connectivity index (χ0v) is 11.1. The second-order valence-electron chi connectivity index (χ2n) is 4.85. The van der Waals surface area contributed by atoms with E-state index in [2.05, 4.69) is 24.9 Å². The highest BCUT2D eigenvalue weighted by Crippen LogP contribution is 2.33. The SMILES string of the molecule is C=Cc1cc(Cl)ccc1C(C)C1CCNCC1. The van der Waals surface area contributed by atoms with Gasteiger partial charge >= 0.3 is 0 Å². The largest absolute Gasteiger partial charge is 0.317 e. The first kappa shape index (κ1) is 12.7. The van der Waals surface area contributed by atoms with Crippen molar-refractivity contribution in [2.24, 2.45) is 5.92 Å². The molecule has 0 bridgehead atoms. The van der Waals surface area contributed by atoms with Gasteiger partial charge in [0.25, 0.3) is 0 Å². The molecule has 1 heterocycles. The Morgan fingerprint density at radius 1 is 1.41 bits per heavy atom. The molecule has 1 atom stereocenters. The quantitative estimate of drug-likeness (QED) is 0.851. The Balaban J connectivity index is 2.22. The summed E-state index contributed by atoms with van der Waals surface area (Å²) >= 11 is 6.03. The molecule has 1 fully saturated rings. The minimum absolute atomic E-state index is 0.586. The molecule has 1 saturated heterocycles. The lowest BCUT2D eigenvalue weighted by atomic mass is 9.80. The van der Waals surface area contributed by atoms with E-state index in [-0.39, 0.29) is 0 Å². The highest BCUT2D eigenvalue weighted by molar-refractivity contribution is 6.30. The normalized spacial score (nSPS) is 18.9. The fourth-order valence-electron chi connectivity index (χ4n) is 2.74. The van der Waals surface area contributed by atoms with E-state index in [1.165, 1.54) is 24.0 Å². The van der Waals surface area contributed by atoms with Crippen LogP contribution in [0.3, 0.4) is 0 Å². The van der Waals surface area contributed by atoms with E-state index in [0.29, 0.717) is 5.92 Å². The van der Waals surface area contributed by atoms with Crippen LogP contribution in [0.1, 0.15) is 36.8 Å². The molecule has 0 saturated carbocycles. The third-order valence-corrected chi connectivity index (χ3v) is 4.09. The van der Waals surface area contributed by atoms with E-state index in [1.807, 2.05) is 18.2 Å². The molecule has 1 aromatic rings. The van der Waals surface area contributed by atoms with Crippen LogP contribution in [0.2, 0.25) is 5.02 Å². The first-order valence-electron chi connectivity index (χ1n) is 6.35. The molecule has 1 unspecified atom stereocenters. The zero-order valence-electron chi connectivity index (χ0n) is 10.4. The predicted octanol–water partition coefficient (Wildman–Crippen LogP) is 4.09. The van der Waals surface area contributed by atoms with Crippen molar-refractivity contribution in [3.05, 3.63) is 40.9 Å². The molecule has 1 N–H and O–H groups in total. The van der Waals surface area contributed by atoms with Crippen LogP contribution in [0.25, 0.3) is 6.08 Å². The summed E-state index contributed by atoms with van der Waals surface area (Å²) in [6.07, 6.45) is 4.44. The van der Waals surface area contributed by atoms with Crippen molar-refractivity contribution in [2.75, 3.05) is 13.1 Å². The summed E-state index contributed by atoms with van der Waals surface area (Å²) in [6, 6.07) is 6.16. The molecule has 1 aromatic carbocycles. The second kappa shape index (κ2) is 5.70. The fraction of sp³-hybridized carbons (Fsp3) is 0.467. The van der Waals surface area contributed by atoms with Crippen molar-refractivity contribution in [3.63, 3.8) is 0 Å². The van der Waals surface area contributed by atoms with Gasteiger partial charge in [-0.1, -0.05) is 37.2 Å². The maximum absolute atomic E-state index is 6.03. The first-order chi connectivity index (χ1) is 8.22. The Kier molecular flexibility index (Phi) is 4.25. The Labute approximate surface area is 109 Å². The van der Waals surface area contributed by atoms with Gasteiger partial charge in [0.05, 0.1) is 0 Å². The Morgan fingerprint density at radius 3 is 2.76 bits per heavy atom. The predicted molar refractivity (Wildman–Crippen MR) is 75.6 cm³/mol. The average Bonchev–Trinajstić information content (AvgIpc) is 2.39. The van der Waals surface area contributed by atoms with Crippen LogP contribution in [0.15, 0.2) is 24.8 Å². The van der Waals surface area contributed by atoms with Gasteiger partial charge in [0, 0.05) is 5.02 Å². The summed E-state index contributed by atoms with van der Waals surface area (Å²) in [6.45, 7) is 8.50. The van der Waals surface area contributed by atoms with E-state index in [4.69, 9.17) is 11.6 Å². The standard InChI is InChI=1S/C15H20ClN/c1-3-12-10-14(16)4-5-15(12)11(2)13-6-8-17-9-7-13/h3-5,10-11,13,17H,1,6-9H2,2H3. The molecule has 17 heavy (non-hydrogen) atoms. The van der Waals surface area contributed by atoms with E-state index in [9.17, 15) is 0 Å². The van der Waals surface area contributed by atoms with Crippen LogP contribution in [-0.4, -0.2) is 13.1 Å². The Hall–Kier alpha value is -0.790. The van der Waals surface area contributed by atoms with Crippen molar-refractivity contribution in [1.29, 1.82) is 0 Å². The lowest BCUT2D eigenvalue weighted by molar-refractivity contribution is 0.330. The van der Waals surface area contributed by atoms with Crippen molar-refractivity contribution >= 4 is 17.7 Å². The highest BCUT2D eigenvalue weighted by Gasteiger charge is 2.22. The number of piperidine rings is 1. The van der Waals surface area contributed by atoms with Gasteiger partial charge in [0.15, 0.2) is 0 Å². The summed E-state index contributed by atoms with van der Waals surface area (Å²) in [5.41, 5.74) is 2.57. The number of hydrogen-bond donors (Lipinski definition) is 1. The molecule has 92 valence electrons. The molecule has 2 heteroatoms. The van der Waals surface area contributed by atoms with Gasteiger partial charge in [-0.25, -0.2) is 0 Å². The molecule has 0 radical (unpaired) electrons. The molecular formula is C15H20ClN. The average molecular weight is 250 g/mol. The maximum Gasteiger partial charge on any atom is 0.0412 e. The van der Waals surface area contributed by atoms with Gasteiger partial charge in [-0.3, -0.25) is 0 Å². The molecule has 0 amide bonds. The monoisotopic (exact) mass is 249 g/mol. The van der Waals surface area contributed by atoms with Crippen molar-refractivity contribution in [1.82, 2.24) is 5.32 Å². The molecule has 2 rings (SSSR count). The van der Waals surface area contributed by atoms with E-state index in [1.54, 1.807) is 0 Å². The molecule has 0 aromatic heterocycles. The van der Waals surface area contributed by atoms with E-state index in [0.717, 1.165) is 24.0 Å². The van der Waals surface area contributed by atoms with Crippen LogP contribution in [0, 0.1) is 5.92 Å². The molecule has 1 aliphatic rings. The van der Waals surface area contributed by atoms with Crippen molar-refractivity contribution < 1.29 is 0 Å². The summed E-state index contributed by atoms with van der Waals surface area (Å²) in [5.74, 6) is 1.36. The van der Waals surface area contributed by atoms with Crippen LogP contribution in [-0.2, 0) is 0 Å². The summed E-state index contributed by atoms with van der Waals surface area (Å²) < 4.78 is 0. The third kappa shape index (κ3) is 2.91. The number of benzene rings is 1. The van der Waals surface area contributed by atoms with Crippen LogP contribution >= 0.6 is 11.6 Å². The van der Waals surface area contributed by atoms with Gasteiger partial charge < -0.3 is 5.32 Å². The zero-order chi connectivity index (χ0) is 12.3. The second-order valence-corrected chi connectivity index (χ2v) is 5.29. The van der Waals surface area contributed by atoms with E-state index < -0.39 is 0 Å². The highest BCUT2D eigenvalue weighted by atomic mass is 35.5. The number of hydrogen-bond acceptors (Lipinski definition) is 1. The molecule has 1 aliphatic heterocycles. The number of nitrogens with one attached hydrogen (secondary N) is 1.